The van der Waals surface area contributed by atoms with Crippen molar-refractivity contribution in [3.8, 4) is 0 Å². The van der Waals surface area contributed by atoms with E-state index in [0.717, 1.165) is 48.4 Å². The van der Waals surface area contributed by atoms with Crippen molar-refractivity contribution < 1.29 is 4.79 Å². The second kappa shape index (κ2) is 10.3. The van der Waals surface area contributed by atoms with Crippen LogP contribution in [0.4, 0.5) is 5.69 Å². The third-order valence-electron chi connectivity index (χ3n) is 6.13. The Morgan fingerprint density at radius 1 is 1.23 bits per heavy atom. The number of halogens is 1. The number of aromatic nitrogens is 1. The summed E-state index contributed by atoms with van der Waals surface area (Å²) in [6, 6.07) is 6.03. The van der Waals surface area contributed by atoms with Crippen molar-refractivity contribution in [1.29, 1.82) is 0 Å². The van der Waals surface area contributed by atoms with Gasteiger partial charge in [-0.05, 0) is 82.4 Å². The lowest BCUT2D eigenvalue weighted by atomic mass is 9.95. The molecule has 2 aromatic rings. The number of carbonyl (C=O) groups is 1. The third-order valence-corrected chi connectivity index (χ3v) is 6.34. The Morgan fingerprint density at radius 2 is 1.94 bits per heavy atom. The fourth-order valence-electron chi connectivity index (χ4n) is 4.52. The predicted octanol–water partition coefficient (Wildman–Crippen LogP) is 4.51. The van der Waals surface area contributed by atoms with Crippen LogP contribution >= 0.6 is 11.6 Å². The van der Waals surface area contributed by atoms with Gasteiger partial charge in [0, 0.05) is 46.5 Å². The van der Waals surface area contributed by atoms with Crippen LogP contribution in [-0.2, 0) is 6.42 Å². The van der Waals surface area contributed by atoms with Gasteiger partial charge >= 0.3 is 0 Å². The van der Waals surface area contributed by atoms with Crippen molar-refractivity contribution in [2.45, 2.75) is 52.5 Å². The Kier molecular flexibility index (Phi) is 7.74. The highest BCUT2D eigenvalue weighted by Crippen LogP contribution is 2.32. The number of hydrogen-bond acceptors (Lipinski definition) is 4. The first kappa shape index (κ1) is 23.3. The fraction of sp³-hybridized carbons (Fsp3) is 0.440. The zero-order valence-corrected chi connectivity index (χ0v) is 19.4. The zero-order valence-electron chi connectivity index (χ0n) is 18.7. The molecule has 0 atom stereocenters. The number of pyridine rings is 1. The molecule has 2 heterocycles. The van der Waals surface area contributed by atoms with E-state index in [9.17, 15) is 9.59 Å². The molecule has 31 heavy (non-hydrogen) atoms. The first-order valence-electron chi connectivity index (χ1n) is 10.9. The lowest BCUT2D eigenvalue weighted by Gasteiger charge is -2.37. The van der Waals surface area contributed by atoms with Gasteiger partial charge in [0.2, 0.25) is 0 Å². The maximum Gasteiger partial charge on any atom is 0.251 e. The topological polar surface area (TPSA) is 65.2 Å². The molecule has 6 heteroatoms. The van der Waals surface area contributed by atoms with Gasteiger partial charge in [0.15, 0.2) is 5.78 Å². The first-order chi connectivity index (χ1) is 14.8. The number of nitrogens with one attached hydrogen (secondary N) is 2. The van der Waals surface area contributed by atoms with E-state index in [-0.39, 0.29) is 17.8 Å². The number of aromatic amines is 1. The maximum atomic E-state index is 13.2. The summed E-state index contributed by atoms with van der Waals surface area (Å²) in [4.78, 5) is 30.6. The summed E-state index contributed by atoms with van der Waals surface area (Å²) >= 11 is 6.46. The van der Waals surface area contributed by atoms with E-state index in [4.69, 9.17) is 11.6 Å². The Labute approximate surface area is 189 Å². The normalized spacial score (nSPS) is 14.5. The molecular weight excluding hydrogens is 410 g/mol. The van der Waals surface area contributed by atoms with E-state index in [2.05, 4.69) is 21.8 Å². The molecule has 0 amide bonds. The number of H-pyrrole nitrogens is 1. The molecule has 0 spiro atoms. The number of ketones is 1. The average Bonchev–Trinajstić information content (AvgIpc) is 2.73. The minimum atomic E-state index is -0.114. The summed E-state index contributed by atoms with van der Waals surface area (Å²) in [5.41, 5.74) is 4.86. The van der Waals surface area contributed by atoms with Crippen molar-refractivity contribution in [1.82, 2.24) is 10.3 Å². The lowest BCUT2D eigenvalue weighted by Crippen LogP contribution is -2.43. The van der Waals surface area contributed by atoms with Gasteiger partial charge in [-0.25, -0.2) is 0 Å². The summed E-state index contributed by atoms with van der Waals surface area (Å²) in [5.74, 6) is 0.00416. The molecule has 1 fully saturated rings. The number of anilines is 1. The van der Waals surface area contributed by atoms with E-state index in [1.54, 1.807) is 6.07 Å². The van der Waals surface area contributed by atoms with Crippen LogP contribution in [0.2, 0.25) is 5.02 Å². The molecule has 1 aliphatic rings. The second-order valence-corrected chi connectivity index (χ2v) is 8.82. The smallest absolute Gasteiger partial charge is 0.251 e. The number of benzene rings is 1. The Morgan fingerprint density at radius 3 is 2.58 bits per heavy atom. The van der Waals surface area contributed by atoms with Crippen LogP contribution < -0.4 is 15.8 Å². The van der Waals surface area contributed by atoms with Gasteiger partial charge in [0.25, 0.3) is 5.56 Å². The van der Waals surface area contributed by atoms with Crippen LogP contribution in [0.3, 0.4) is 0 Å². The van der Waals surface area contributed by atoms with Crippen LogP contribution in [0.15, 0.2) is 35.6 Å². The third kappa shape index (κ3) is 5.46. The molecular formula is C25H32ClN3O2. The quantitative estimate of drug-likeness (QED) is 0.467. The fourth-order valence-corrected chi connectivity index (χ4v) is 4.73. The average molecular weight is 442 g/mol. The summed E-state index contributed by atoms with van der Waals surface area (Å²) in [6.07, 6.45) is 4.65. The van der Waals surface area contributed by atoms with Crippen LogP contribution in [-0.4, -0.2) is 36.4 Å². The number of Topliss-reactive ketones (excluding diaryl/α,β-unsaturated/α-hetero) is 1. The van der Waals surface area contributed by atoms with E-state index in [1.165, 1.54) is 0 Å². The number of aryl methyl sites for hydroxylation is 2. The summed E-state index contributed by atoms with van der Waals surface area (Å²) < 4.78 is 0. The molecule has 1 aromatic carbocycles. The molecule has 0 unspecified atom stereocenters. The van der Waals surface area contributed by atoms with Crippen LogP contribution in [0, 0.1) is 20.8 Å². The van der Waals surface area contributed by atoms with Gasteiger partial charge in [0.05, 0.1) is 0 Å². The van der Waals surface area contributed by atoms with Gasteiger partial charge < -0.3 is 15.2 Å². The van der Waals surface area contributed by atoms with Crippen LogP contribution in [0.5, 0.6) is 0 Å². The van der Waals surface area contributed by atoms with Gasteiger partial charge in [-0.2, -0.15) is 0 Å². The molecule has 0 aliphatic carbocycles. The SMILES string of the molecule is C=CCN(c1cc(Cl)cc(C(=O)CCc2c(C)cc(C)[nH]c2=O)c1C)C1CCNCC1. The summed E-state index contributed by atoms with van der Waals surface area (Å²) in [5, 5.41) is 3.95. The minimum absolute atomic E-state index is 0.00416. The predicted molar refractivity (Wildman–Crippen MR) is 129 cm³/mol. The second-order valence-electron chi connectivity index (χ2n) is 8.39. The van der Waals surface area contributed by atoms with Crippen molar-refractivity contribution in [2.24, 2.45) is 0 Å². The molecule has 1 aromatic heterocycles. The Balaban J connectivity index is 1.88. The molecule has 0 saturated carbocycles. The summed E-state index contributed by atoms with van der Waals surface area (Å²) in [6.45, 7) is 12.4. The molecule has 166 valence electrons. The van der Waals surface area contributed by atoms with Crippen molar-refractivity contribution in [3.63, 3.8) is 0 Å². The number of nitrogens with zero attached hydrogens (tertiary/aromatic N) is 1. The van der Waals surface area contributed by atoms with Crippen molar-refractivity contribution in [3.05, 3.63) is 74.2 Å². The zero-order chi connectivity index (χ0) is 22.5. The van der Waals surface area contributed by atoms with E-state index in [0.29, 0.717) is 35.2 Å². The van der Waals surface area contributed by atoms with E-state index in [1.807, 2.05) is 39.0 Å². The number of piperidine rings is 1. The molecule has 3 rings (SSSR count). The highest BCUT2D eigenvalue weighted by Gasteiger charge is 2.24. The van der Waals surface area contributed by atoms with Crippen molar-refractivity contribution >= 4 is 23.1 Å². The van der Waals surface area contributed by atoms with Crippen LogP contribution in [0.25, 0.3) is 0 Å². The molecule has 1 saturated heterocycles. The Bertz CT molecular complexity index is 1020. The van der Waals surface area contributed by atoms with Crippen LogP contribution in [0.1, 0.15) is 52.0 Å². The largest absolute Gasteiger partial charge is 0.364 e. The van der Waals surface area contributed by atoms with Gasteiger partial charge in [-0.3, -0.25) is 9.59 Å². The summed E-state index contributed by atoms with van der Waals surface area (Å²) in [7, 11) is 0. The highest BCUT2D eigenvalue weighted by molar-refractivity contribution is 6.31. The molecule has 2 N–H and O–H groups in total. The number of carbonyl (C=O) groups excluding carboxylic acids is 1. The van der Waals surface area contributed by atoms with Gasteiger partial charge in [0.1, 0.15) is 0 Å². The number of hydrogen-bond donors (Lipinski definition) is 2. The molecule has 5 nitrogen and oxygen atoms in total. The monoisotopic (exact) mass is 441 g/mol. The molecule has 0 radical (unpaired) electrons. The van der Waals surface area contributed by atoms with Crippen molar-refractivity contribution in [2.75, 3.05) is 24.5 Å². The van der Waals surface area contributed by atoms with Gasteiger partial charge in [-0.1, -0.05) is 17.7 Å². The first-order valence-corrected chi connectivity index (χ1v) is 11.3. The van der Waals surface area contributed by atoms with E-state index < -0.39 is 0 Å². The molecule has 0 bridgehead atoms. The standard InChI is InChI=1S/C25H32ClN3O2/c1-5-12-29(20-8-10-27-11-9-20)23-15-19(26)14-22(18(23)4)24(30)7-6-21-16(2)13-17(3)28-25(21)31/h5,13-15,20,27H,1,6-12H2,2-4H3,(H,28,31). The minimum Gasteiger partial charge on any atom is -0.364 e. The number of rotatable bonds is 8. The molecule has 1 aliphatic heterocycles. The van der Waals surface area contributed by atoms with E-state index >= 15 is 0 Å². The maximum absolute atomic E-state index is 13.2. The van der Waals surface area contributed by atoms with Gasteiger partial charge in [-0.15, -0.1) is 6.58 Å². The Hall–Kier alpha value is -2.37. The lowest BCUT2D eigenvalue weighted by molar-refractivity contribution is 0.0982. The highest BCUT2D eigenvalue weighted by atomic mass is 35.5.